The molecule has 3 unspecified atom stereocenters. The Morgan fingerprint density at radius 3 is 2.86 bits per heavy atom. The number of carbonyl (C=O) groups is 1. The van der Waals surface area contributed by atoms with Gasteiger partial charge < -0.3 is 5.32 Å². The molecule has 0 radical (unpaired) electrons. The van der Waals surface area contributed by atoms with Crippen molar-refractivity contribution in [2.75, 3.05) is 0 Å². The largest absolute Gasteiger partial charge is 0.352 e. The van der Waals surface area contributed by atoms with Crippen LogP contribution in [-0.4, -0.2) is 16.9 Å². The molecule has 5 heteroatoms. The normalized spacial score (nSPS) is 33.3. The van der Waals surface area contributed by atoms with E-state index in [0.29, 0.717) is 12.3 Å². The predicted molar refractivity (Wildman–Crippen MR) is 86.5 cm³/mol. The van der Waals surface area contributed by atoms with Crippen LogP contribution >= 0.6 is 22.9 Å². The van der Waals surface area contributed by atoms with Crippen LogP contribution in [0.2, 0.25) is 0 Å². The summed E-state index contributed by atoms with van der Waals surface area (Å²) in [6.07, 6.45) is 4.16. The molecule has 2 aliphatic rings. The fourth-order valence-corrected chi connectivity index (χ4v) is 5.52. The first kappa shape index (κ1) is 15.3. The van der Waals surface area contributed by atoms with E-state index in [-0.39, 0.29) is 22.8 Å². The maximum Gasteiger partial charge on any atom is 0.227 e. The van der Waals surface area contributed by atoms with Gasteiger partial charge in [0.1, 0.15) is 5.01 Å². The average Bonchev–Trinajstić information content (AvgIpc) is 3.06. The fourth-order valence-electron chi connectivity index (χ4n) is 4.50. The highest BCUT2D eigenvalue weighted by atomic mass is 35.5. The molecular formula is C16H23ClN2OS. The Morgan fingerprint density at radius 1 is 1.52 bits per heavy atom. The van der Waals surface area contributed by atoms with Crippen molar-refractivity contribution >= 4 is 28.8 Å². The lowest BCUT2D eigenvalue weighted by Gasteiger charge is -2.43. The van der Waals surface area contributed by atoms with Gasteiger partial charge in [-0.3, -0.25) is 4.79 Å². The van der Waals surface area contributed by atoms with E-state index in [1.54, 1.807) is 0 Å². The summed E-state index contributed by atoms with van der Waals surface area (Å²) in [5.74, 6) is 1.25. The van der Waals surface area contributed by atoms with Crippen molar-refractivity contribution in [3.8, 4) is 0 Å². The van der Waals surface area contributed by atoms with E-state index in [0.717, 1.165) is 16.6 Å². The summed E-state index contributed by atoms with van der Waals surface area (Å²) in [4.78, 5) is 16.8. The summed E-state index contributed by atoms with van der Waals surface area (Å²) in [5.41, 5.74) is 1.33. The third-order valence-corrected chi connectivity index (χ3v) is 6.79. The minimum absolute atomic E-state index is 0.0947. The van der Waals surface area contributed by atoms with Crippen molar-refractivity contribution in [1.29, 1.82) is 0 Å². The molecule has 2 fully saturated rings. The van der Waals surface area contributed by atoms with Crippen LogP contribution in [-0.2, 0) is 17.1 Å². The number of carbonyl (C=O) groups excluding carboxylic acids is 1. The van der Waals surface area contributed by atoms with Crippen LogP contribution in [0.25, 0.3) is 0 Å². The fraction of sp³-hybridized carbons (Fsp3) is 0.750. The molecule has 21 heavy (non-hydrogen) atoms. The lowest BCUT2D eigenvalue weighted by Crippen LogP contribution is -2.52. The van der Waals surface area contributed by atoms with Crippen molar-refractivity contribution in [1.82, 2.24) is 10.3 Å². The second kappa shape index (κ2) is 5.24. The molecule has 2 aliphatic carbocycles. The van der Waals surface area contributed by atoms with E-state index in [2.05, 4.69) is 31.1 Å². The molecule has 0 spiro atoms. The molecule has 1 aromatic heterocycles. The Morgan fingerprint density at radius 2 is 2.29 bits per heavy atom. The quantitative estimate of drug-likeness (QED) is 0.856. The smallest absolute Gasteiger partial charge is 0.227 e. The van der Waals surface area contributed by atoms with Crippen molar-refractivity contribution in [3.63, 3.8) is 0 Å². The van der Waals surface area contributed by atoms with Gasteiger partial charge in [-0.05, 0) is 36.0 Å². The summed E-state index contributed by atoms with van der Waals surface area (Å²) >= 11 is 7.27. The van der Waals surface area contributed by atoms with Crippen LogP contribution in [0.15, 0.2) is 5.38 Å². The number of halogens is 1. The number of alkyl halides is 1. The summed E-state index contributed by atoms with van der Waals surface area (Å²) in [7, 11) is 0. The van der Waals surface area contributed by atoms with Crippen LogP contribution in [0, 0.1) is 16.7 Å². The molecule has 116 valence electrons. The minimum atomic E-state index is 0.0947. The maximum absolute atomic E-state index is 12.4. The SMILES string of the molecule is CC12CCC(C1)C(C)(C)C2NC(=O)Cc1nc(CCl)cs1. The Balaban J connectivity index is 1.67. The van der Waals surface area contributed by atoms with Crippen LogP contribution in [0.1, 0.15) is 50.7 Å². The van der Waals surface area contributed by atoms with E-state index in [1.165, 1.54) is 30.6 Å². The van der Waals surface area contributed by atoms with Gasteiger partial charge in [-0.25, -0.2) is 4.98 Å². The molecule has 3 atom stereocenters. The van der Waals surface area contributed by atoms with E-state index in [9.17, 15) is 4.79 Å². The number of hydrogen-bond donors (Lipinski definition) is 1. The highest BCUT2D eigenvalue weighted by molar-refractivity contribution is 7.09. The first-order valence-electron chi connectivity index (χ1n) is 7.64. The number of nitrogens with one attached hydrogen (secondary N) is 1. The molecule has 2 bridgehead atoms. The Labute approximate surface area is 135 Å². The van der Waals surface area contributed by atoms with Crippen LogP contribution < -0.4 is 5.32 Å². The third-order valence-electron chi connectivity index (χ3n) is 5.62. The molecular weight excluding hydrogens is 304 g/mol. The molecule has 0 aromatic carbocycles. The van der Waals surface area contributed by atoms with Gasteiger partial charge in [-0.1, -0.05) is 20.8 Å². The number of rotatable bonds is 4. The standard InChI is InChI=1S/C16H23ClN2OS/c1-15(2)10-4-5-16(3,7-10)14(15)19-12(20)6-13-18-11(8-17)9-21-13/h9-10,14H,4-8H2,1-3H3,(H,19,20). The van der Waals surface area contributed by atoms with Crippen molar-refractivity contribution in [2.24, 2.45) is 16.7 Å². The van der Waals surface area contributed by atoms with Crippen molar-refractivity contribution < 1.29 is 4.79 Å². The highest BCUT2D eigenvalue weighted by Gasteiger charge is 2.59. The van der Waals surface area contributed by atoms with Gasteiger partial charge in [0.15, 0.2) is 0 Å². The summed E-state index contributed by atoms with van der Waals surface area (Å²) in [6.45, 7) is 6.95. The Kier molecular flexibility index (Phi) is 3.81. The van der Waals surface area contributed by atoms with Gasteiger partial charge in [0.2, 0.25) is 5.91 Å². The molecule has 1 N–H and O–H groups in total. The summed E-state index contributed by atoms with van der Waals surface area (Å²) in [6, 6.07) is 0.281. The minimum Gasteiger partial charge on any atom is -0.352 e. The van der Waals surface area contributed by atoms with Crippen molar-refractivity contribution in [3.05, 3.63) is 16.1 Å². The molecule has 3 nitrogen and oxygen atoms in total. The lowest BCUT2D eigenvalue weighted by molar-refractivity contribution is -0.123. The van der Waals surface area contributed by atoms with Gasteiger partial charge in [-0.15, -0.1) is 22.9 Å². The average molecular weight is 327 g/mol. The van der Waals surface area contributed by atoms with Gasteiger partial charge in [0.05, 0.1) is 18.0 Å². The van der Waals surface area contributed by atoms with Crippen LogP contribution in [0.5, 0.6) is 0 Å². The monoisotopic (exact) mass is 326 g/mol. The van der Waals surface area contributed by atoms with E-state index in [1.807, 2.05) is 5.38 Å². The van der Waals surface area contributed by atoms with Gasteiger partial charge in [0, 0.05) is 11.4 Å². The number of nitrogens with zero attached hydrogens (tertiary/aromatic N) is 1. The zero-order chi connectivity index (χ0) is 15.3. The van der Waals surface area contributed by atoms with E-state index < -0.39 is 0 Å². The first-order chi connectivity index (χ1) is 9.85. The number of amides is 1. The molecule has 1 aromatic rings. The van der Waals surface area contributed by atoms with Gasteiger partial charge in [-0.2, -0.15) is 0 Å². The lowest BCUT2D eigenvalue weighted by atomic mass is 9.68. The maximum atomic E-state index is 12.4. The summed E-state index contributed by atoms with van der Waals surface area (Å²) < 4.78 is 0. The zero-order valence-electron chi connectivity index (χ0n) is 12.9. The summed E-state index contributed by atoms with van der Waals surface area (Å²) in [5, 5.41) is 6.10. The van der Waals surface area contributed by atoms with E-state index in [4.69, 9.17) is 11.6 Å². The van der Waals surface area contributed by atoms with Crippen LogP contribution in [0.4, 0.5) is 0 Å². The van der Waals surface area contributed by atoms with Gasteiger partial charge in [0.25, 0.3) is 0 Å². The number of thiazole rings is 1. The Bertz CT molecular complexity index is 551. The molecule has 1 heterocycles. The second-order valence-electron chi connectivity index (χ2n) is 7.46. The third kappa shape index (κ3) is 2.61. The predicted octanol–water partition coefficient (Wildman–Crippen LogP) is 3.76. The van der Waals surface area contributed by atoms with Gasteiger partial charge >= 0.3 is 0 Å². The molecule has 1 amide bonds. The first-order valence-corrected chi connectivity index (χ1v) is 9.05. The molecule has 2 saturated carbocycles. The highest BCUT2D eigenvalue weighted by Crippen LogP contribution is 2.62. The number of fused-ring (bicyclic) bond motifs is 2. The Hall–Kier alpha value is -0.610. The topological polar surface area (TPSA) is 42.0 Å². The van der Waals surface area contributed by atoms with Crippen LogP contribution in [0.3, 0.4) is 0 Å². The second-order valence-corrected chi connectivity index (χ2v) is 8.67. The number of aromatic nitrogens is 1. The zero-order valence-corrected chi connectivity index (χ0v) is 14.5. The van der Waals surface area contributed by atoms with Crippen molar-refractivity contribution in [2.45, 2.75) is 58.4 Å². The number of hydrogen-bond acceptors (Lipinski definition) is 3. The molecule has 0 saturated heterocycles. The molecule has 3 rings (SSSR count). The van der Waals surface area contributed by atoms with E-state index >= 15 is 0 Å². The molecule has 0 aliphatic heterocycles.